The first-order chi connectivity index (χ1) is 13.8. The molecule has 0 atom stereocenters. The second-order valence-electron chi connectivity index (χ2n) is 6.96. The Labute approximate surface area is 170 Å². The molecule has 0 aliphatic carbocycles. The largest absolute Gasteiger partial charge is 0.452 e. The van der Waals surface area contributed by atoms with Crippen LogP contribution >= 0.6 is 0 Å². The number of rotatable bonds is 6. The summed E-state index contributed by atoms with van der Waals surface area (Å²) >= 11 is 0. The van der Waals surface area contributed by atoms with Crippen molar-refractivity contribution in [2.45, 2.75) is 26.2 Å². The molecule has 0 bridgehead atoms. The topological polar surface area (TPSA) is 92.8 Å². The normalized spacial score (nSPS) is 13.5. The van der Waals surface area contributed by atoms with Crippen LogP contribution in [0.2, 0.25) is 0 Å². The summed E-state index contributed by atoms with van der Waals surface area (Å²) in [6.45, 7) is 2.05. The minimum atomic E-state index is -3.36. The zero-order chi connectivity index (χ0) is 21.0. The number of anilines is 2. The van der Waals surface area contributed by atoms with Gasteiger partial charge in [-0.15, -0.1) is 0 Å². The van der Waals surface area contributed by atoms with E-state index in [9.17, 15) is 18.0 Å². The molecule has 154 valence electrons. The van der Waals surface area contributed by atoms with Crippen LogP contribution in [0.1, 0.15) is 34.8 Å². The molecule has 1 N–H and O–H groups in total. The molecule has 7 nitrogen and oxygen atoms in total. The number of fused-ring (bicyclic) bond motifs is 1. The van der Waals surface area contributed by atoms with Crippen molar-refractivity contribution in [1.82, 2.24) is 0 Å². The van der Waals surface area contributed by atoms with Gasteiger partial charge >= 0.3 is 5.97 Å². The third kappa shape index (κ3) is 5.14. The van der Waals surface area contributed by atoms with E-state index in [-0.39, 0.29) is 0 Å². The average molecular weight is 416 g/mol. The molecule has 0 unspecified atom stereocenters. The number of nitrogens with zero attached hydrogens (tertiary/aromatic N) is 1. The van der Waals surface area contributed by atoms with Crippen molar-refractivity contribution in [2.75, 3.05) is 29.0 Å². The number of sulfonamides is 1. The molecule has 3 rings (SSSR count). The van der Waals surface area contributed by atoms with E-state index >= 15 is 0 Å². The molecule has 0 saturated carbocycles. The van der Waals surface area contributed by atoms with Crippen LogP contribution < -0.4 is 9.62 Å². The van der Waals surface area contributed by atoms with Crippen molar-refractivity contribution in [3.05, 3.63) is 59.2 Å². The van der Waals surface area contributed by atoms with Gasteiger partial charge in [0.05, 0.1) is 17.5 Å². The average Bonchev–Trinajstić information content (AvgIpc) is 2.70. The highest BCUT2D eigenvalue weighted by Gasteiger charge is 2.25. The van der Waals surface area contributed by atoms with Gasteiger partial charge in [0, 0.05) is 12.2 Å². The number of aryl methyl sites for hydroxylation is 2. The van der Waals surface area contributed by atoms with E-state index in [4.69, 9.17) is 4.74 Å². The van der Waals surface area contributed by atoms with Gasteiger partial charge in [0.1, 0.15) is 0 Å². The molecule has 0 fully saturated rings. The number of benzene rings is 2. The fourth-order valence-corrected chi connectivity index (χ4v) is 4.31. The van der Waals surface area contributed by atoms with E-state index in [1.54, 1.807) is 18.2 Å². The molecule has 2 aromatic rings. The van der Waals surface area contributed by atoms with E-state index in [0.717, 1.165) is 17.5 Å². The predicted molar refractivity (Wildman–Crippen MR) is 112 cm³/mol. The van der Waals surface area contributed by atoms with Crippen LogP contribution in [-0.4, -0.2) is 39.7 Å². The van der Waals surface area contributed by atoms with E-state index in [1.165, 1.54) is 16.6 Å². The van der Waals surface area contributed by atoms with Crippen molar-refractivity contribution < 1.29 is 22.7 Å². The molecule has 1 amide bonds. The van der Waals surface area contributed by atoms with Crippen LogP contribution in [0.25, 0.3) is 0 Å². The lowest BCUT2D eigenvalue weighted by atomic mass is 10.0. The van der Waals surface area contributed by atoms with Crippen LogP contribution in [0.3, 0.4) is 0 Å². The van der Waals surface area contributed by atoms with E-state index in [2.05, 4.69) is 5.32 Å². The zero-order valence-corrected chi connectivity index (χ0v) is 17.3. The maximum atomic E-state index is 12.3. The lowest BCUT2D eigenvalue weighted by Crippen LogP contribution is -2.34. The zero-order valence-electron chi connectivity index (χ0n) is 16.5. The third-order valence-electron chi connectivity index (χ3n) is 4.74. The van der Waals surface area contributed by atoms with E-state index < -0.39 is 28.5 Å². The van der Waals surface area contributed by atoms with Crippen LogP contribution in [0.15, 0.2) is 42.5 Å². The summed E-state index contributed by atoms with van der Waals surface area (Å²) < 4.78 is 30.3. The summed E-state index contributed by atoms with van der Waals surface area (Å²) in [5, 5.41) is 2.71. The molecule has 1 aliphatic rings. The Bertz CT molecular complexity index is 1030. The SMILES string of the molecule is CCc1cccc(NC(=O)COC(=O)c2ccc3c(c2)CCCN3S(C)(=O)=O)c1. The quantitative estimate of drug-likeness (QED) is 0.731. The Kier molecular flexibility index (Phi) is 6.22. The molecule has 8 heteroatoms. The Morgan fingerprint density at radius 2 is 1.97 bits per heavy atom. The monoisotopic (exact) mass is 416 g/mol. The van der Waals surface area contributed by atoms with Crippen molar-refractivity contribution in [2.24, 2.45) is 0 Å². The standard InChI is InChI=1S/C21H24N2O5S/c1-3-15-6-4-8-18(12-15)22-20(24)14-28-21(25)17-9-10-19-16(13-17)7-5-11-23(19)29(2,26)27/h4,6,8-10,12-13H,3,5,7,11,14H2,1-2H3,(H,22,24). The van der Waals surface area contributed by atoms with Gasteiger partial charge in [-0.3, -0.25) is 9.10 Å². The summed E-state index contributed by atoms with van der Waals surface area (Å²) in [7, 11) is -3.36. The number of hydrogen-bond donors (Lipinski definition) is 1. The summed E-state index contributed by atoms with van der Waals surface area (Å²) in [4.78, 5) is 24.4. The van der Waals surface area contributed by atoms with E-state index in [1.807, 2.05) is 25.1 Å². The second-order valence-corrected chi connectivity index (χ2v) is 8.87. The minimum absolute atomic E-state index is 0.292. The predicted octanol–water partition coefficient (Wildman–Crippen LogP) is 2.76. The Hall–Kier alpha value is -2.87. The molecule has 29 heavy (non-hydrogen) atoms. The summed E-state index contributed by atoms with van der Waals surface area (Å²) in [5.74, 6) is -1.05. The molecule has 0 radical (unpaired) electrons. The Morgan fingerprint density at radius 3 is 2.69 bits per heavy atom. The molecule has 2 aromatic carbocycles. The summed E-state index contributed by atoms with van der Waals surface area (Å²) in [6, 6.07) is 12.2. The van der Waals surface area contributed by atoms with Crippen LogP contribution in [0.5, 0.6) is 0 Å². The van der Waals surface area contributed by atoms with E-state index in [0.29, 0.717) is 36.3 Å². The summed E-state index contributed by atoms with van der Waals surface area (Å²) in [6.07, 6.45) is 3.38. The Balaban J connectivity index is 1.63. The van der Waals surface area contributed by atoms with Gasteiger partial charge in [-0.2, -0.15) is 0 Å². The van der Waals surface area contributed by atoms with Crippen molar-refractivity contribution in [1.29, 1.82) is 0 Å². The fourth-order valence-electron chi connectivity index (χ4n) is 3.31. The second kappa shape index (κ2) is 8.65. The molecule has 0 saturated heterocycles. The molecular formula is C21H24N2O5S. The van der Waals surface area contributed by atoms with Gasteiger partial charge in [0.15, 0.2) is 6.61 Å². The molecular weight excluding hydrogens is 392 g/mol. The number of carbonyl (C=O) groups excluding carboxylic acids is 2. The van der Waals surface area contributed by atoms with Crippen LogP contribution in [0.4, 0.5) is 11.4 Å². The van der Waals surface area contributed by atoms with Gasteiger partial charge in [0.25, 0.3) is 5.91 Å². The highest BCUT2D eigenvalue weighted by molar-refractivity contribution is 7.92. The lowest BCUT2D eigenvalue weighted by Gasteiger charge is -2.29. The first-order valence-corrected chi connectivity index (χ1v) is 11.3. The number of nitrogens with one attached hydrogen (secondary N) is 1. The van der Waals surface area contributed by atoms with Crippen molar-refractivity contribution in [3.8, 4) is 0 Å². The molecule has 1 aliphatic heterocycles. The highest BCUT2D eigenvalue weighted by atomic mass is 32.2. The van der Waals surface area contributed by atoms with Crippen LogP contribution in [0, 0.1) is 0 Å². The van der Waals surface area contributed by atoms with Gasteiger partial charge in [-0.05, 0) is 60.7 Å². The number of ether oxygens (including phenoxy) is 1. The lowest BCUT2D eigenvalue weighted by molar-refractivity contribution is -0.119. The van der Waals surface area contributed by atoms with Gasteiger partial charge in [0.2, 0.25) is 10.0 Å². The third-order valence-corrected chi connectivity index (χ3v) is 5.92. The smallest absolute Gasteiger partial charge is 0.338 e. The first-order valence-electron chi connectivity index (χ1n) is 9.44. The van der Waals surface area contributed by atoms with Gasteiger partial charge < -0.3 is 10.1 Å². The number of esters is 1. The van der Waals surface area contributed by atoms with Gasteiger partial charge in [-0.25, -0.2) is 13.2 Å². The van der Waals surface area contributed by atoms with Crippen LogP contribution in [-0.2, 0) is 32.4 Å². The Morgan fingerprint density at radius 1 is 1.17 bits per heavy atom. The highest BCUT2D eigenvalue weighted by Crippen LogP contribution is 2.30. The molecule has 0 aromatic heterocycles. The minimum Gasteiger partial charge on any atom is -0.452 e. The maximum Gasteiger partial charge on any atom is 0.338 e. The molecule has 1 heterocycles. The first kappa shape index (κ1) is 20.9. The van der Waals surface area contributed by atoms with Gasteiger partial charge in [-0.1, -0.05) is 19.1 Å². The van der Waals surface area contributed by atoms with Crippen molar-refractivity contribution >= 4 is 33.3 Å². The number of carbonyl (C=O) groups is 2. The summed E-state index contributed by atoms with van der Waals surface area (Å²) in [5.41, 5.74) is 3.40. The number of amides is 1. The fraction of sp³-hybridized carbons (Fsp3) is 0.333. The maximum absolute atomic E-state index is 12.3. The molecule has 0 spiro atoms. The van der Waals surface area contributed by atoms with Crippen molar-refractivity contribution in [3.63, 3.8) is 0 Å². The number of hydrogen-bond acceptors (Lipinski definition) is 5.